The van der Waals surface area contributed by atoms with Gasteiger partial charge in [0.1, 0.15) is 5.69 Å². The first-order valence-corrected chi connectivity index (χ1v) is 4.04. The van der Waals surface area contributed by atoms with Gasteiger partial charge in [-0.25, -0.2) is 4.98 Å². The second-order valence-corrected chi connectivity index (χ2v) is 3.22. The summed E-state index contributed by atoms with van der Waals surface area (Å²) in [4.78, 5) is 3.81. The van der Waals surface area contributed by atoms with E-state index in [-0.39, 0.29) is 5.15 Å². The molecule has 1 aromatic rings. The van der Waals surface area contributed by atoms with Crippen molar-refractivity contribution in [2.75, 3.05) is 5.48 Å². The Hall–Kier alpha value is -0.320. The lowest BCUT2D eigenvalue weighted by Gasteiger charge is -2.05. The summed E-state index contributed by atoms with van der Waals surface area (Å²) in [7, 11) is 0. The molecule has 0 unspecified atom stereocenters. The van der Waals surface area contributed by atoms with Crippen molar-refractivity contribution in [2.24, 2.45) is 0 Å². The molecular weight excluding hydrogens is 231 g/mol. The summed E-state index contributed by atoms with van der Waals surface area (Å²) in [5.74, 6) is 0. The van der Waals surface area contributed by atoms with Crippen molar-refractivity contribution in [3.05, 3.63) is 21.4 Å². The van der Waals surface area contributed by atoms with Gasteiger partial charge < -0.3 is 0 Å². The first kappa shape index (κ1) is 8.77. The highest BCUT2D eigenvalue weighted by atomic mass is 79.9. The Bertz CT molecular complexity index is 280. The van der Waals surface area contributed by atoms with Crippen LogP contribution in [0.15, 0.2) is 10.7 Å². The van der Waals surface area contributed by atoms with Crippen molar-refractivity contribution in [1.82, 2.24) is 4.98 Å². The van der Waals surface area contributed by atoms with E-state index in [1.807, 2.05) is 12.4 Å². The molecule has 0 bridgehead atoms. The molecule has 3 nitrogen and oxygen atoms in total. The van der Waals surface area contributed by atoms with E-state index >= 15 is 0 Å². The first-order chi connectivity index (χ1) is 5.16. The maximum Gasteiger partial charge on any atom is 0.154 e. The second-order valence-electron chi connectivity index (χ2n) is 2.01. The number of pyridine rings is 1. The molecule has 1 aromatic heterocycles. The monoisotopic (exact) mass is 236 g/mol. The maximum atomic E-state index is 8.63. The molecule has 5 heteroatoms. The molecule has 2 N–H and O–H groups in total. The van der Waals surface area contributed by atoms with Crippen LogP contribution in [-0.4, -0.2) is 10.2 Å². The lowest BCUT2D eigenvalue weighted by Crippen LogP contribution is -1.95. The molecule has 0 fully saturated rings. The highest BCUT2D eigenvalue weighted by Gasteiger charge is 2.06. The highest BCUT2D eigenvalue weighted by molar-refractivity contribution is 9.10. The Morgan fingerprint density at radius 2 is 2.36 bits per heavy atom. The summed E-state index contributed by atoms with van der Waals surface area (Å²) in [5.41, 5.74) is 3.24. The molecule has 0 saturated heterocycles. The molecule has 11 heavy (non-hydrogen) atoms. The number of nitrogens with zero attached hydrogens (tertiary/aromatic N) is 1. The fourth-order valence-electron chi connectivity index (χ4n) is 0.679. The molecular formula is C6H6BrClN2O. The van der Waals surface area contributed by atoms with Crippen LogP contribution in [0.2, 0.25) is 5.15 Å². The van der Waals surface area contributed by atoms with Crippen molar-refractivity contribution in [2.45, 2.75) is 6.92 Å². The molecule has 0 aliphatic carbocycles. The van der Waals surface area contributed by atoms with Gasteiger partial charge in [-0.05, 0) is 28.4 Å². The molecule has 0 radical (unpaired) electrons. The topological polar surface area (TPSA) is 45.2 Å². The molecule has 0 aromatic carbocycles. The van der Waals surface area contributed by atoms with Crippen LogP contribution in [0.3, 0.4) is 0 Å². The summed E-state index contributed by atoms with van der Waals surface area (Å²) >= 11 is 8.90. The lowest BCUT2D eigenvalue weighted by molar-refractivity contribution is 0.388. The van der Waals surface area contributed by atoms with Crippen LogP contribution in [0.25, 0.3) is 0 Å². The Kier molecular flexibility index (Phi) is 2.70. The van der Waals surface area contributed by atoms with Gasteiger partial charge in [-0.2, -0.15) is 0 Å². The average Bonchev–Trinajstić information content (AvgIpc) is 1.99. The van der Waals surface area contributed by atoms with Gasteiger partial charge in [-0.3, -0.25) is 10.7 Å². The Labute approximate surface area is 77.5 Å². The van der Waals surface area contributed by atoms with E-state index in [0.717, 1.165) is 10.0 Å². The Balaban J connectivity index is 3.29. The van der Waals surface area contributed by atoms with Crippen molar-refractivity contribution in [3.63, 3.8) is 0 Å². The van der Waals surface area contributed by atoms with Crippen molar-refractivity contribution in [1.29, 1.82) is 0 Å². The maximum absolute atomic E-state index is 8.63. The highest BCUT2D eigenvalue weighted by Crippen LogP contribution is 2.28. The van der Waals surface area contributed by atoms with Gasteiger partial charge in [0.25, 0.3) is 0 Å². The zero-order valence-electron chi connectivity index (χ0n) is 5.73. The van der Waals surface area contributed by atoms with Gasteiger partial charge in [-0.15, -0.1) is 0 Å². The molecule has 0 amide bonds. The summed E-state index contributed by atoms with van der Waals surface area (Å²) in [6, 6.07) is 0. The number of hydrogen-bond acceptors (Lipinski definition) is 3. The van der Waals surface area contributed by atoms with Gasteiger partial charge in [0.15, 0.2) is 5.15 Å². The smallest absolute Gasteiger partial charge is 0.154 e. The minimum Gasteiger partial charge on any atom is -0.291 e. The van der Waals surface area contributed by atoms with E-state index in [9.17, 15) is 0 Å². The van der Waals surface area contributed by atoms with E-state index < -0.39 is 0 Å². The number of aromatic nitrogens is 1. The molecule has 60 valence electrons. The van der Waals surface area contributed by atoms with Crippen LogP contribution in [0.5, 0.6) is 0 Å². The summed E-state index contributed by atoms with van der Waals surface area (Å²) in [6.07, 6.45) is 1.58. The van der Waals surface area contributed by atoms with Crippen molar-refractivity contribution >= 4 is 33.2 Å². The SMILES string of the molecule is Cc1c(Br)cnc(Cl)c1NO. The second kappa shape index (κ2) is 3.38. The van der Waals surface area contributed by atoms with Crippen LogP contribution < -0.4 is 5.48 Å². The number of rotatable bonds is 1. The van der Waals surface area contributed by atoms with Crippen LogP contribution in [0.1, 0.15) is 5.56 Å². The van der Waals surface area contributed by atoms with Crippen LogP contribution >= 0.6 is 27.5 Å². The van der Waals surface area contributed by atoms with Gasteiger partial charge in [-0.1, -0.05) is 11.6 Å². The summed E-state index contributed by atoms with van der Waals surface area (Å²) in [6.45, 7) is 1.82. The summed E-state index contributed by atoms with van der Waals surface area (Å²) in [5, 5.41) is 8.89. The predicted octanol–water partition coefficient (Wildman–Crippen LogP) is 2.61. The first-order valence-electron chi connectivity index (χ1n) is 2.87. The third-order valence-corrected chi connectivity index (χ3v) is 2.43. The Morgan fingerprint density at radius 3 is 2.82 bits per heavy atom. The van der Waals surface area contributed by atoms with E-state index in [0.29, 0.717) is 5.69 Å². The number of halogens is 2. The van der Waals surface area contributed by atoms with Gasteiger partial charge in [0.05, 0.1) is 0 Å². The molecule has 1 heterocycles. The predicted molar refractivity (Wildman–Crippen MR) is 47.1 cm³/mol. The summed E-state index contributed by atoms with van der Waals surface area (Å²) < 4.78 is 0.804. The minimum atomic E-state index is 0.258. The fraction of sp³-hybridized carbons (Fsp3) is 0.167. The number of anilines is 1. The zero-order valence-corrected chi connectivity index (χ0v) is 8.07. The minimum absolute atomic E-state index is 0.258. The standard InChI is InChI=1S/C6H6BrClN2O/c1-3-4(7)2-9-6(8)5(3)10-11/h2,10-11H,1H3. The van der Waals surface area contributed by atoms with Gasteiger partial charge >= 0.3 is 0 Å². The van der Waals surface area contributed by atoms with Gasteiger partial charge in [0.2, 0.25) is 0 Å². The number of hydrogen-bond donors (Lipinski definition) is 2. The quantitative estimate of drug-likeness (QED) is 0.583. The van der Waals surface area contributed by atoms with Gasteiger partial charge in [0, 0.05) is 10.7 Å². The third-order valence-electron chi connectivity index (χ3n) is 1.34. The number of nitrogens with one attached hydrogen (secondary N) is 1. The fourth-order valence-corrected chi connectivity index (χ4v) is 1.21. The van der Waals surface area contributed by atoms with E-state index in [1.54, 1.807) is 6.20 Å². The van der Waals surface area contributed by atoms with Crippen LogP contribution in [0, 0.1) is 6.92 Å². The molecule has 0 saturated carbocycles. The van der Waals surface area contributed by atoms with Crippen molar-refractivity contribution in [3.8, 4) is 0 Å². The van der Waals surface area contributed by atoms with E-state index in [4.69, 9.17) is 16.8 Å². The van der Waals surface area contributed by atoms with E-state index in [2.05, 4.69) is 20.9 Å². The van der Waals surface area contributed by atoms with E-state index in [1.165, 1.54) is 0 Å². The Morgan fingerprint density at radius 1 is 1.73 bits per heavy atom. The molecule has 0 atom stereocenters. The molecule has 0 aliphatic heterocycles. The van der Waals surface area contributed by atoms with Crippen molar-refractivity contribution < 1.29 is 5.21 Å². The zero-order chi connectivity index (χ0) is 8.43. The third kappa shape index (κ3) is 1.64. The normalized spacial score (nSPS) is 9.82. The molecule has 1 rings (SSSR count). The lowest BCUT2D eigenvalue weighted by atomic mass is 10.3. The van der Waals surface area contributed by atoms with Crippen LogP contribution in [-0.2, 0) is 0 Å². The van der Waals surface area contributed by atoms with Crippen LogP contribution in [0.4, 0.5) is 5.69 Å². The average molecular weight is 237 g/mol. The molecule has 0 spiro atoms. The largest absolute Gasteiger partial charge is 0.291 e. The molecule has 0 aliphatic rings.